The first-order valence-corrected chi connectivity index (χ1v) is 14.7. The lowest BCUT2D eigenvalue weighted by molar-refractivity contribution is 0.0125. The van der Waals surface area contributed by atoms with Crippen molar-refractivity contribution in [2.24, 2.45) is 0 Å². The van der Waals surface area contributed by atoms with E-state index in [4.69, 9.17) is 4.74 Å². The fraction of sp³-hybridized carbons (Fsp3) is 0.375. The van der Waals surface area contributed by atoms with Crippen LogP contribution in [0.5, 0.6) is 0 Å². The van der Waals surface area contributed by atoms with Crippen molar-refractivity contribution in [1.29, 1.82) is 0 Å². The number of aromatic amines is 2. The van der Waals surface area contributed by atoms with E-state index in [1.807, 2.05) is 20.8 Å². The second-order valence-electron chi connectivity index (χ2n) is 12.4. The number of rotatable bonds is 5. The van der Waals surface area contributed by atoms with Crippen molar-refractivity contribution in [2.75, 3.05) is 13.1 Å². The van der Waals surface area contributed by atoms with E-state index in [1.54, 1.807) is 53.7 Å². The molecule has 236 valence electrons. The van der Waals surface area contributed by atoms with Crippen LogP contribution < -0.4 is 0 Å². The fourth-order valence-corrected chi connectivity index (χ4v) is 5.89. The molecule has 0 saturated carbocycles. The van der Waals surface area contributed by atoms with Gasteiger partial charge in [-0.05, 0) is 56.9 Å². The Morgan fingerprint density at radius 1 is 0.933 bits per heavy atom. The summed E-state index contributed by atoms with van der Waals surface area (Å²) in [5.41, 5.74) is 2.66. The van der Waals surface area contributed by atoms with Crippen molar-refractivity contribution in [1.82, 2.24) is 29.7 Å². The van der Waals surface area contributed by atoms with Gasteiger partial charge in [-0.1, -0.05) is 30.3 Å². The molecule has 2 aromatic heterocycles. The number of carbonyl (C=O) groups excluding carboxylic acids is 1. The van der Waals surface area contributed by atoms with Gasteiger partial charge in [-0.15, -0.1) is 0 Å². The van der Waals surface area contributed by atoms with Gasteiger partial charge in [-0.2, -0.15) is 0 Å². The number of carbonyl (C=O) groups is 2. The number of alkyl halides is 2. The summed E-state index contributed by atoms with van der Waals surface area (Å²) in [6.45, 7) is 5.14. The number of H-pyrrole nitrogens is 2. The number of nitrogens with zero attached hydrogens (tertiary/aromatic N) is 4. The highest BCUT2D eigenvalue weighted by molar-refractivity contribution is 5.72. The van der Waals surface area contributed by atoms with E-state index in [2.05, 4.69) is 19.9 Å². The zero-order valence-corrected chi connectivity index (χ0v) is 25.0. The Hall–Kier alpha value is -4.81. The van der Waals surface area contributed by atoms with Crippen molar-refractivity contribution >= 4 is 12.2 Å². The molecule has 2 aliphatic rings. The predicted octanol–water partition coefficient (Wildman–Crippen LogP) is 7.41. The number of benzene rings is 2. The minimum absolute atomic E-state index is 0.151. The van der Waals surface area contributed by atoms with Crippen molar-refractivity contribution in [2.45, 2.75) is 63.6 Å². The van der Waals surface area contributed by atoms with Crippen LogP contribution in [0.2, 0.25) is 0 Å². The number of hydrogen-bond acceptors (Lipinski definition) is 5. The topological polar surface area (TPSA) is 127 Å². The van der Waals surface area contributed by atoms with E-state index >= 15 is 4.39 Å². The molecule has 2 aromatic carbocycles. The van der Waals surface area contributed by atoms with Gasteiger partial charge >= 0.3 is 12.2 Å². The van der Waals surface area contributed by atoms with Crippen LogP contribution in [0.25, 0.3) is 33.6 Å². The molecule has 45 heavy (non-hydrogen) atoms. The van der Waals surface area contributed by atoms with Crippen LogP contribution in [-0.4, -0.2) is 71.6 Å². The van der Waals surface area contributed by atoms with E-state index in [-0.39, 0.29) is 11.9 Å². The first-order chi connectivity index (χ1) is 21.3. The number of aromatic nitrogens is 4. The molecule has 13 heteroatoms. The second-order valence-corrected chi connectivity index (χ2v) is 12.4. The molecule has 0 aliphatic carbocycles. The molecular formula is C32H33F3N6O4. The Labute approximate surface area is 257 Å². The lowest BCUT2D eigenvalue weighted by atomic mass is 10.0. The zero-order chi connectivity index (χ0) is 32.1. The lowest BCUT2D eigenvalue weighted by Crippen LogP contribution is -2.36. The van der Waals surface area contributed by atoms with Crippen molar-refractivity contribution in [3.63, 3.8) is 0 Å². The summed E-state index contributed by atoms with van der Waals surface area (Å²) in [4.78, 5) is 41.5. The van der Waals surface area contributed by atoms with Gasteiger partial charge in [0.2, 0.25) is 0 Å². The molecule has 3 N–H and O–H groups in total. The molecule has 4 heterocycles. The maximum Gasteiger partial charge on any atom is 0.410 e. The summed E-state index contributed by atoms with van der Waals surface area (Å²) in [6, 6.07) is 10.7. The summed E-state index contributed by atoms with van der Waals surface area (Å²) in [5.74, 6) is -2.86. The molecule has 0 spiro atoms. The summed E-state index contributed by atoms with van der Waals surface area (Å²) in [5, 5.41) is 9.35. The number of halogens is 3. The largest absolute Gasteiger partial charge is 0.465 e. The highest BCUT2D eigenvalue weighted by atomic mass is 19.3. The number of nitrogens with one attached hydrogen (secondary N) is 2. The van der Waals surface area contributed by atoms with Crippen molar-refractivity contribution in [3.05, 3.63) is 72.3 Å². The molecule has 0 radical (unpaired) electrons. The van der Waals surface area contributed by atoms with Crippen LogP contribution in [0.15, 0.2) is 54.9 Å². The van der Waals surface area contributed by atoms with Crippen molar-refractivity contribution in [3.8, 4) is 33.6 Å². The molecule has 0 unspecified atom stereocenters. The van der Waals surface area contributed by atoms with Crippen LogP contribution in [0, 0.1) is 5.82 Å². The molecular weight excluding hydrogens is 589 g/mol. The number of ether oxygens (including phenoxy) is 1. The van der Waals surface area contributed by atoms with Crippen LogP contribution in [-0.2, 0) is 4.74 Å². The third kappa shape index (κ3) is 6.24. The third-order valence-corrected chi connectivity index (χ3v) is 7.98. The molecule has 10 nitrogen and oxygen atoms in total. The fourth-order valence-electron chi connectivity index (χ4n) is 5.89. The summed E-state index contributed by atoms with van der Waals surface area (Å²) < 4.78 is 48.8. The monoisotopic (exact) mass is 622 g/mol. The van der Waals surface area contributed by atoms with Gasteiger partial charge in [0.25, 0.3) is 5.92 Å². The highest BCUT2D eigenvalue weighted by Gasteiger charge is 2.49. The van der Waals surface area contributed by atoms with Crippen LogP contribution in [0.3, 0.4) is 0 Å². The molecule has 6 rings (SSSR count). The van der Waals surface area contributed by atoms with Gasteiger partial charge in [0.15, 0.2) is 0 Å². The van der Waals surface area contributed by atoms with Crippen LogP contribution in [0.1, 0.15) is 63.8 Å². The lowest BCUT2D eigenvalue weighted by Gasteiger charge is -2.27. The van der Waals surface area contributed by atoms with Gasteiger partial charge in [0, 0.05) is 36.5 Å². The summed E-state index contributed by atoms with van der Waals surface area (Å²) >= 11 is 0. The number of amides is 2. The average Bonchev–Trinajstić information content (AvgIpc) is 3.77. The Morgan fingerprint density at radius 3 is 2.22 bits per heavy atom. The Balaban J connectivity index is 1.16. The Bertz CT molecular complexity index is 1730. The van der Waals surface area contributed by atoms with E-state index in [9.17, 15) is 23.5 Å². The first-order valence-electron chi connectivity index (χ1n) is 14.7. The number of carboxylic acid groups (broad SMARTS) is 1. The summed E-state index contributed by atoms with van der Waals surface area (Å²) in [6.07, 6.45) is 2.24. The van der Waals surface area contributed by atoms with Gasteiger partial charge in [0.05, 0.1) is 30.0 Å². The molecule has 2 amide bonds. The third-order valence-electron chi connectivity index (χ3n) is 7.98. The van der Waals surface area contributed by atoms with E-state index in [1.165, 1.54) is 6.07 Å². The van der Waals surface area contributed by atoms with Crippen LogP contribution in [0.4, 0.5) is 22.8 Å². The molecule has 4 aromatic rings. The molecule has 2 fully saturated rings. The SMILES string of the molecule is CC(C)(C)OC(=O)N1CCC[C@H]1c1nc(-c2ccc(-c3ccc(-c4c[nH]c([C@@H]5CC(F)(F)CN5C(=O)O)n4)cc3)cc2F)c[nH]1. The smallest absolute Gasteiger partial charge is 0.410 e. The average molecular weight is 623 g/mol. The van der Waals surface area contributed by atoms with Crippen LogP contribution >= 0.6 is 0 Å². The number of imidazole rings is 2. The Morgan fingerprint density at radius 2 is 1.56 bits per heavy atom. The normalized spacial score (nSPS) is 19.7. The quantitative estimate of drug-likeness (QED) is 0.213. The maximum atomic E-state index is 15.4. The van der Waals surface area contributed by atoms with Gasteiger partial charge in [-0.25, -0.2) is 32.7 Å². The first kappa shape index (κ1) is 30.2. The minimum atomic E-state index is -3.12. The molecule has 2 aliphatic heterocycles. The molecule has 2 saturated heterocycles. The summed E-state index contributed by atoms with van der Waals surface area (Å²) in [7, 11) is 0. The highest BCUT2D eigenvalue weighted by Crippen LogP contribution is 2.40. The zero-order valence-electron chi connectivity index (χ0n) is 25.0. The van der Waals surface area contributed by atoms with E-state index < -0.39 is 48.5 Å². The van der Waals surface area contributed by atoms with E-state index in [0.717, 1.165) is 18.4 Å². The second kappa shape index (κ2) is 11.3. The molecule has 0 bridgehead atoms. The number of hydrogen-bond donors (Lipinski definition) is 3. The minimum Gasteiger partial charge on any atom is -0.465 e. The predicted molar refractivity (Wildman–Crippen MR) is 159 cm³/mol. The van der Waals surface area contributed by atoms with Gasteiger partial charge in [-0.3, -0.25) is 9.80 Å². The van der Waals surface area contributed by atoms with E-state index in [0.29, 0.717) is 45.3 Å². The van der Waals surface area contributed by atoms with Gasteiger partial charge < -0.3 is 19.8 Å². The van der Waals surface area contributed by atoms with Crippen molar-refractivity contribution < 1.29 is 32.6 Å². The number of likely N-dealkylation sites (tertiary alicyclic amines) is 2. The maximum absolute atomic E-state index is 15.4. The standard InChI is InChI=1S/C32H33F3N6O4/c1-31(2,3)45-30(44)40-12-4-5-25(40)27-37-16-24(39-27)21-11-10-20(13-22(21)33)18-6-8-19(9-7-18)23-15-36-28(38-23)26-14-32(34,35)17-41(26)29(42)43/h6-11,13,15-16,25-26H,4-5,12,14,17H2,1-3H3,(H,36,38)(H,37,39)(H,42,43)/t25-,26-/m0/s1. The molecule has 2 atom stereocenters. The van der Waals surface area contributed by atoms with Gasteiger partial charge in [0.1, 0.15) is 23.1 Å². The Kier molecular flexibility index (Phi) is 7.58.